The summed E-state index contributed by atoms with van der Waals surface area (Å²) in [6.45, 7) is 0.0317. The molecule has 3 aromatic carbocycles. The molecule has 3 aromatic rings. The van der Waals surface area contributed by atoms with Gasteiger partial charge in [0.1, 0.15) is 12.3 Å². The van der Waals surface area contributed by atoms with Crippen molar-refractivity contribution in [2.75, 3.05) is 0 Å². The topological polar surface area (TPSA) is 45.4 Å². The normalized spacial score (nSPS) is 11.8. The first-order chi connectivity index (χ1) is 13.9. The standard InChI is InChI=1S/C22H14ClF3N2O/c23-18-10-11-20(22(24,25)26)19(12-18)21(17-4-2-1-3-5-17)28-29-14-16-8-6-15(13-27)7-9-16/h1-12H,14H2/b28-21+. The van der Waals surface area contributed by atoms with Crippen molar-refractivity contribution in [3.63, 3.8) is 0 Å². The minimum absolute atomic E-state index is 0.0223. The maximum Gasteiger partial charge on any atom is 0.417 e. The molecule has 146 valence electrons. The van der Waals surface area contributed by atoms with E-state index in [4.69, 9.17) is 21.7 Å². The Kier molecular flexibility index (Phi) is 6.20. The molecule has 0 radical (unpaired) electrons. The Balaban J connectivity index is 1.99. The van der Waals surface area contributed by atoms with Crippen LogP contribution in [0.15, 0.2) is 78.0 Å². The van der Waals surface area contributed by atoms with E-state index in [1.54, 1.807) is 54.6 Å². The first-order valence-corrected chi connectivity index (χ1v) is 8.88. The number of rotatable bonds is 5. The molecule has 0 aliphatic carbocycles. The Morgan fingerprint density at radius 1 is 1.00 bits per heavy atom. The van der Waals surface area contributed by atoms with Crippen molar-refractivity contribution in [1.29, 1.82) is 5.26 Å². The Bertz CT molecular complexity index is 1060. The highest BCUT2D eigenvalue weighted by Crippen LogP contribution is 2.34. The van der Waals surface area contributed by atoms with Gasteiger partial charge in [-0.1, -0.05) is 59.2 Å². The highest BCUT2D eigenvalue weighted by Gasteiger charge is 2.35. The molecular formula is C22H14ClF3N2O. The van der Waals surface area contributed by atoms with Gasteiger partial charge in [0.15, 0.2) is 0 Å². The van der Waals surface area contributed by atoms with Gasteiger partial charge in [0, 0.05) is 16.1 Å². The summed E-state index contributed by atoms with van der Waals surface area (Å²) in [7, 11) is 0. The average Bonchev–Trinajstić information content (AvgIpc) is 2.71. The van der Waals surface area contributed by atoms with Gasteiger partial charge in [-0.15, -0.1) is 0 Å². The van der Waals surface area contributed by atoms with Gasteiger partial charge in [-0.05, 0) is 35.9 Å². The SMILES string of the molecule is N#Cc1ccc(CO/N=C(\c2ccccc2)c2cc(Cl)ccc2C(F)(F)F)cc1. The van der Waals surface area contributed by atoms with Crippen molar-refractivity contribution in [2.24, 2.45) is 5.16 Å². The van der Waals surface area contributed by atoms with Gasteiger partial charge in [0.05, 0.1) is 17.2 Å². The summed E-state index contributed by atoms with van der Waals surface area (Å²) >= 11 is 5.97. The Morgan fingerprint density at radius 3 is 2.31 bits per heavy atom. The molecule has 0 aromatic heterocycles. The lowest BCUT2D eigenvalue weighted by Gasteiger charge is -2.15. The number of hydrogen-bond acceptors (Lipinski definition) is 3. The zero-order valence-electron chi connectivity index (χ0n) is 14.9. The quantitative estimate of drug-likeness (QED) is 0.368. The lowest BCUT2D eigenvalue weighted by molar-refractivity contribution is -0.137. The second-order valence-corrected chi connectivity index (χ2v) is 6.51. The molecule has 0 spiro atoms. The first kappa shape index (κ1) is 20.4. The van der Waals surface area contributed by atoms with Crippen molar-refractivity contribution >= 4 is 17.3 Å². The Morgan fingerprint density at radius 2 is 1.69 bits per heavy atom. The highest BCUT2D eigenvalue weighted by molar-refractivity contribution is 6.31. The predicted molar refractivity (Wildman–Crippen MR) is 104 cm³/mol. The summed E-state index contributed by atoms with van der Waals surface area (Å²) in [6, 6.07) is 20.4. The third-order valence-electron chi connectivity index (χ3n) is 4.06. The van der Waals surface area contributed by atoms with Crippen LogP contribution in [0.3, 0.4) is 0 Å². The third-order valence-corrected chi connectivity index (χ3v) is 4.29. The monoisotopic (exact) mass is 414 g/mol. The lowest BCUT2D eigenvalue weighted by Crippen LogP contribution is -2.15. The van der Waals surface area contributed by atoms with Gasteiger partial charge >= 0.3 is 6.18 Å². The van der Waals surface area contributed by atoms with E-state index in [1.807, 2.05) is 6.07 Å². The zero-order valence-corrected chi connectivity index (χ0v) is 15.7. The van der Waals surface area contributed by atoms with Crippen molar-refractivity contribution in [2.45, 2.75) is 12.8 Å². The fraction of sp³-hybridized carbons (Fsp3) is 0.0909. The number of nitrogens with zero attached hydrogens (tertiary/aromatic N) is 2. The van der Waals surface area contributed by atoms with Gasteiger partial charge in [-0.2, -0.15) is 18.4 Å². The summed E-state index contributed by atoms with van der Waals surface area (Å²) in [5.41, 5.74) is 0.676. The third kappa shape index (κ3) is 5.15. The van der Waals surface area contributed by atoms with Crippen LogP contribution in [-0.2, 0) is 17.6 Å². The van der Waals surface area contributed by atoms with Crippen molar-refractivity contribution in [1.82, 2.24) is 0 Å². The van der Waals surface area contributed by atoms with E-state index in [0.29, 0.717) is 11.1 Å². The fourth-order valence-corrected chi connectivity index (χ4v) is 2.83. The lowest BCUT2D eigenvalue weighted by atomic mass is 9.97. The first-order valence-electron chi connectivity index (χ1n) is 8.50. The van der Waals surface area contributed by atoms with Gasteiger partial charge in [0.25, 0.3) is 0 Å². The van der Waals surface area contributed by atoms with Crippen LogP contribution in [0.2, 0.25) is 5.02 Å². The van der Waals surface area contributed by atoms with Crippen molar-refractivity contribution in [3.05, 3.63) is 106 Å². The molecule has 0 heterocycles. The molecule has 0 atom stereocenters. The van der Waals surface area contributed by atoms with Gasteiger partial charge < -0.3 is 4.84 Å². The molecule has 0 amide bonds. The maximum atomic E-state index is 13.5. The molecule has 0 bridgehead atoms. The molecule has 7 heteroatoms. The predicted octanol–water partition coefficient (Wildman–Crippen LogP) is 6.20. The average molecular weight is 415 g/mol. The van der Waals surface area contributed by atoms with Crippen molar-refractivity contribution < 1.29 is 18.0 Å². The molecule has 0 saturated carbocycles. The van der Waals surface area contributed by atoms with Crippen LogP contribution >= 0.6 is 11.6 Å². The summed E-state index contributed by atoms with van der Waals surface area (Å²) in [4.78, 5) is 5.37. The van der Waals surface area contributed by atoms with E-state index < -0.39 is 11.7 Å². The van der Waals surface area contributed by atoms with Crippen LogP contribution in [0.4, 0.5) is 13.2 Å². The molecule has 29 heavy (non-hydrogen) atoms. The van der Waals surface area contributed by atoms with E-state index >= 15 is 0 Å². The van der Waals surface area contributed by atoms with Crippen LogP contribution in [0.25, 0.3) is 0 Å². The van der Waals surface area contributed by atoms with Crippen LogP contribution in [0.1, 0.15) is 27.8 Å². The zero-order chi connectivity index (χ0) is 20.9. The second-order valence-electron chi connectivity index (χ2n) is 6.08. The molecule has 0 N–H and O–H groups in total. The van der Waals surface area contributed by atoms with Crippen molar-refractivity contribution in [3.8, 4) is 6.07 Å². The number of nitriles is 1. The summed E-state index contributed by atoms with van der Waals surface area (Å²) in [5, 5.41) is 13.0. The number of oxime groups is 1. The molecule has 0 fully saturated rings. The minimum Gasteiger partial charge on any atom is -0.390 e. The Labute approximate surface area is 170 Å². The second kappa shape index (κ2) is 8.80. The van der Waals surface area contributed by atoms with E-state index in [-0.39, 0.29) is 22.9 Å². The van der Waals surface area contributed by atoms with Crippen LogP contribution in [0.5, 0.6) is 0 Å². The van der Waals surface area contributed by atoms with E-state index in [0.717, 1.165) is 11.6 Å². The molecule has 0 aliphatic rings. The summed E-state index contributed by atoms with van der Waals surface area (Å²) in [5.74, 6) is 0. The smallest absolute Gasteiger partial charge is 0.390 e. The summed E-state index contributed by atoms with van der Waals surface area (Å²) < 4.78 is 40.6. The minimum atomic E-state index is -4.58. The molecule has 3 rings (SSSR count). The van der Waals surface area contributed by atoms with Gasteiger partial charge in [-0.25, -0.2) is 0 Å². The number of alkyl halides is 3. The fourth-order valence-electron chi connectivity index (χ4n) is 2.66. The van der Waals surface area contributed by atoms with E-state index in [2.05, 4.69) is 5.16 Å². The van der Waals surface area contributed by atoms with Crippen LogP contribution < -0.4 is 0 Å². The molecular weight excluding hydrogens is 401 g/mol. The molecule has 3 nitrogen and oxygen atoms in total. The number of benzene rings is 3. The molecule has 0 unspecified atom stereocenters. The van der Waals surface area contributed by atoms with E-state index in [1.165, 1.54) is 12.1 Å². The number of hydrogen-bond donors (Lipinski definition) is 0. The van der Waals surface area contributed by atoms with E-state index in [9.17, 15) is 13.2 Å². The summed E-state index contributed by atoms with van der Waals surface area (Å²) in [6.07, 6.45) is -4.58. The van der Waals surface area contributed by atoms with Crippen LogP contribution in [0, 0.1) is 11.3 Å². The van der Waals surface area contributed by atoms with Gasteiger partial charge in [0.2, 0.25) is 0 Å². The van der Waals surface area contributed by atoms with Gasteiger partial charge in [-0.3, -0.25) is 0 Å². The van der Waals surface area contributed by atoms with Crippen LogP contribution in [-0.4, -0.2) is 5.71 Å². The molecule has 0 saturated heterocycles. The largest absolute Gasteiger partial charge is 0.417 e. The number of halogens is 4. The Hall–Kier alpha value is -3.30. The molecule has 0 aliphatic heterocycles. The maximum absolute atomic E-state index is 13.5. The highest BCUT2D eigenvalue weighted by atomic mass is 35.5.